The second-order valence-electron chi connectivity index (χ2n) is 4.60. The molecule has 1 aliphatic rings. The molecule has 1 aliphatic heterocycles. The molecule has 2 N–H and O–H groups in total. The van der Waals surface area contributed by atoms with E-state index in [1.165, 1.54) is 12.8 Å². The van der Waals surface area contributed by atoms with Crippen LogP contribution in [0.25, 0.3) is 0 Å². The monoisotopic (exact) mass is 310 g/mol. The van der Waals surface area contributed by atoms with Crippen LogP contribution in [0.1, 0.15) is 32.6 Å². The first-order valence-electron chi connectivity index (χ1n) is 6.99. The van der Waals surface area contributed by atoms with Gasteiger partial charge in [0.1, 0.15) is 0 Å². The molecule has 0 aromatic rings. The van der Waals surface area contributed by atoms with Gasteiger partial charge in [-0.3, -0.25) is 4.79 Å². The quantitative estimate of drug-likeness (QED) is 0.638. The van der Waals surface area contributed by atoms with Gasteiger partial charge in [-0.1, -0.05) is 6.92 Å². The lowest BCUT2D eigenvalue weighted by Crippen LogP contribution is -2.33. The highest BCUT2D eigenvalue weighted by Gasteiger charge is 2.14. The number of ether oxygens (including phenoxy) is 1. The smallest absolute Gasteiger partial charge is 0.230 e. The normalized spacial score (nSPS) is 18.7. The Bertz CT molecular complexity index is 227. The fourth-order valence-corrected chi connectivity index (χ4v) is 2.80. The van der Waals surface area contributed by atoms with Crippen LogP contribution in [0.3, 0.4) is 0 Å². The molecule has 1 atom stereocenters. The largest absolute Gasteiger partial charge is 0.377 e. The van der Waals surface area contributed by atoms with Gasteiger partial charge in [0.25, 0.3) is 0 Å². The number of carbonyl (C=O) groups excluding carboxylic acids is 1. The lowest BCUT2D eigenvalue weighted by Gasteiger charge is -2.21. The predicted octanol–water partition coefficient (Wildman–Crippen LogP) is 1.83. The fraction of sp³-hybridized carbons (Fsp3) is 0.923. The average molecular weight is 311 g/mol. The topological polar surface area (TPSA) is 50.4 Å². The van der Waals surface area contributed by atoms with E-state index in [-0.39, 0.29) is 18.3 Å². The Labute approximate surface area is 127 Å². The molecular formula is C13H27ClN2O2S. The standard InChI is InChI=1S/C13H26N2O2S.ClH/c1-2-6-14-7-8-15-13(16)11-18-10-12-5-3-4-9-17-12;/h12,14H,2-11H2,1H3,(H,15,16);1H. The van der Waals surface area contributed by atoms with E-state index in [2.05, 4.69) is 17.6 Å². The summed E-state index contributed by atoms with van der Waals surface area (Å²) in [6.07, 6.45) is 5.09. The molecule has 1 unspecified atom stereocenters. The third-order valence-corrected chi connectivity index (χ3v) is 3.94. The molecule has 4 nitrogen and oxygen atoms in total. The summed E-state index contributed by atoms with van der Waals surface area (Å²) in [7, 11) is 0. The van der Waals surface area contributed by atoms with Crippen molar-refractivity contribution in [1.82, 2.24) is 10.6 Å². The molecule has 6 heteroatoms. The van der Waals surface area contributed by atoms with Crippen molar-refractivity contribution in [1.29, 1.82) is 0 Å². The van der Waals surface area contributed by atoms with Crippen molar-refractivity contribution in [3.05, 3.63) is 0 Å². The number of nitrogens with one attached hydrogen (secondary N) is 2. The highest BCUT2D eigenvalue weighted by Crippen LogP contribution is 2.16. The number of carbonyl (C=O) groups is 1. The molecule has 0 saturated carbocycles. The Balaban J connectivity index is 0.00000324. The molecule has 1 saturated heterocycles. The maximum Gasteiger partial charge on any atom is 0.230 e. The van der Waals surface area contributed by atoms with Crippen LogP contribution in [-0.4, -0.2) is 49.8 Å². The van der Waals surface area contributed by atoms with E-state index in [0.29, 0.717) is 11.9 Å². The second-order valence-corrected chi connectivity index (χ2v) is 5.63. The first kappa shape index (κ1) is 19.0. The van der Waals surface area contributed by atoms with Gasteiger partial charge < -0.3 is 15.4 Å². The molecular weight excluding hydrogens is 284 g/mol. The molecule has 1 fully saturated rings. The van der Waals surface area contributed by atoms with Crippen molar-refractivity contribution in [3.63, 3.8) is 0 Å². The summed E-state index contributed by atoms with van der Waals surface area (Å²) in [5.74, 6) is 1.63. The fourth-order valence-electron chi connectivity index (χ4n) is 1.87. The van der Waals surface area contributed by atoms with Crippen LogP contribution in [0.15, 0.2) is 0 Å². The van der Waals surface area contributed by atoms with Crippen molar-refractivity contribution in [2.45, 2.75) is 38.7 Å². The highest BCUT2D eigenvalue weighted by molar-refractivity contribution is 7.99. The summed E-state index contributed by atoms with van der Waals surface area (Å²) < 4.78 is 5.62. The molecule has 1 heterocycles. The Morgan fingerprint density at radius 1 is 1.32 bits per heavy atom. The summed E-state index contributed by atoms with van der Waals surface area (Å²) in [5.41, 5.74) is 0. The van der Waals surface area contributed by atoms with Crippen molar-refractivity contribution < 1.29 is 9.53 Å². The molecule has 0 aromatic heterocycles. The van der Waals surface area contributed by atoms with Crippen LogP contribution in [0, 0.1) is 0 Å². The molecule has 1 amide bonds. The zero-order chi connectivity index (χ0) is 13.1. The number of thioether (sulfide) groups is 1. The molecule has 0 spiro atoms. The Morgan fingerprint density at radius 3 is 2.84 bits per heavy atom. The van der Waals surface area contributed by atoms with Crippen LogP contribution in [-0.2, 0) is 9.53 Å². The van der Waals surface area contributed by atoms with Crippen LogP contribution in [0.5, 0.6) is 0 Å². The second kappa shape index (κ2) is 13.0. The Morgan fingerprint density at radius 2 is 2.16 bits per heavy atom. The summed E-state index contributed by atoms with van der Waals surface area (Å²) >= 11 is 1.68. The van der Waals surface area contributed by atoms with Crippen LogP contribution >= 0.6 is 24.2 Å². The average Bonchev–Trinajstić information content (AvgIpc) is 2.40. The number of halogens is 1. The summed E-state index contributed by atoms with van der Waals surface area (Å²) in [4.78, 5) is 11.5. The minimum absolute atomic E-state index is 0. The van der Waals surface area contributed by atoms with E-state index in [4.69, 9.17) is 4.74 Å². The van der Waals surface area contributed by atoms with Gasteiger partial charge in [-0.25, -0.2) is 0 Å². The lowest BCUT2D eigenvalue weighted by molar-refractivity contribution is -0.118. The molecule has 0 aromatic carbocycles. The van der Waals surface area contributed by atoms with Gasteiger partial charge >= 0.3 is 0 Å². The van der Waals surface area contributed by atoms with Gasteiger partial charge in [0, 0.05) is 25.4 Å². The zero-order valence-electron chi connectivity index (χ0n) is 11.8. The number of hydrogen-bond acceptors (Lipinski definition) is 4. The lowest BCUT2D eigenvalue weighted by atomic mass is 10.1. The summed E-state index contributed by atoms with van der Waals surface area (Å²) in [6, 6.07) is 0. The molecule has 0 radical (unpaired) electrons. The van der Waals surface area contributed by atoms with Gasteiger partial charge in [-0.05, 0) is 32.2 Å². The van der Waals surface area contributed by atoms with Crippen molar-refractivity contribution in [3.8, 4) is 0 Å². The SMILES string of the molecule is CCCNCCNC(=O)CSCC1CCCCO1.Cl. The summed E-state index contributed by atoms with van der Waals surface area (Å²) in [5, 5.41) is 6.17. The zero-order valence-corrected chi connectivity index (χ0v) is 13.4. The van der Waals surface area contributed by atoms with Gasteiger partial charge in [0.05, 0.1) is 11.9 Å². The first-order valence-corrected chi connectivity index (χ1v) is 8.15. The Hall–Kier alpha value is 0.0300. The van der Waals surface area contributed by atoms with Crippen molar-refractivity contribution in [2.24, 2.45) is 0 Å². The van der Waals surface area contributed by atoms with E-state index >= 15 is 0 Å². The molecule has 0 bridgehead atoms. The maximum absolute atomic E-state index is 11.5. The molecule has 19 heavy (non-hydrogen) atoms. The van der Waals surface area contributed by atoms with Crippen LogP contribution < -0.4 is 10.6 Å². The summed E-state index contributed by atoms with van der Waals surface area (Å²) in [6.45, 7) is 5.62. The van der Waals surface area contributed by atoms with E-state index < -0.39 is 0 Å². The minimum Gasteiger partial charge on any atom is -0.377 e. The van der Waals surface area contributed by atoms with Gasteiger partial charge in [0.15, 0.2) is 0 Å². The first-order chi connectivity index (χ1) is 8.83. The van der Waals surface area contributed by atoms with Crippen molar-refractivity contribution >= 4 is 30.1 Å². The molecule has 1 rings (SSSR count). The highest BCUT2D eigenvalue weighted by atomic mass is 35.5. The van der Waals surface area contributed by atoms with E-state index in [1.54, 1.807) is 11.8 Å². The third kappa shape index (κ3) is 10.5. The number of amides is 1. The number of rotatable bonds is 9. The molecule has 0 aliphatic carbocycles. The van der Waals surface area contributed by atoms with Gasteiger partial charge in [-0.2, -0.15) is 0 Å². The van der Waals surface area contributed by atoms with Gasteiger partial charge in [-0.15, -0.1) is 24.2 Å². The van der Waals surface area contributed by atoms with Crippen molar-refractivity contribution in [2.75, 3.05) is 37.7 Å². The van der Waals surface area contributed by atoms with E-state index in [1.807, 2.05) is 0 Å². The van der Waals surface area contributed by atoms with E-state index in [0.717, 1.165) is 44.8 Å². The van der Waals surface area contributed by atoms with E-state index in [9.17, 15) is 4.79 Å². The Kier molecular flexibility index (Phi) is 13.1. The number of hydrogen-bond donors (Lipinski definition) is 2. The predicted molar refractivity (Wildman–Crippen MR) is 84.3 cm³/mol. The van der Waals surface area contributed by atoms with Crippen LogP contribution in [0.4, 0.5) is 0 Å². The molecule has 114 valence electrons. The maximum atomic E-state index is 11.5. The third-order valence-electron chi connectivity index (χ3n) is 2.86. The van der Waals surface area contributed by atoms with Gasteiger partial charge in [0.2, 0.25) is 5.91 Å². The van der Waals surface area contributed by atoms with Crippen LogP contribution in [0.2, 0.25) is 0 Å². The minimum atomic E-state index is 0.